The molecule has 18 heteroatoms. The SMILES string of the molecule is C1CC(CC2CCNC2)CN1.C1CC2NC1C1CCC2N1.C1CCC(C2CCCN2)C1.C1CNC(C2CCNC2)C1.C1CNC(CC2CCCN2)C1.CN1C(CO)CCCC1CO.CN1CCC(C2CCCN2C)C1.CN1CCCC1C1CCCN1C.CN1CCCC1CC1CCCN1C. The second-order valence-corrected chi connectivity index (χ2v) is 35.8. The van der Waals surface area contributed by atoms with Gasteiger partial charge in [0, 0.05) is 97.2 Å². The summed E-state index contributed by atoms with van der Waals surface area (Å²) in [5, 5.41) is 49.8. The van der Waals surface area contributed by atoms with Crippen molar-refractivity contribution in [1.82, 2.24) is 82.2 Å². The number of fused-ring (bicyclic) bond motifs is 6. The highest BCUT2D eigenvalue weighted by molar-refractivity contribution is 5.07. The molecule has 0 aromatic rings. The standard InChI is InChI=1S/C11H22N2.2C10H20N2.2C9H18N2.C9H17N.C8H14N2.C8H16N2.C8H17NO2/c1-12-7-3-5-10(12)9-11-6-4-8-13(11)2;1-11-7-3-5-9(11)10-6-4-8-12(10)2;1-11-7-5-9(8-11)10-4-3-6-12(10)2;1-3-10-6-8(1)5-9-2-4-11-7-9;1-3-8(10-5-1)7-9-4-2-6-11-9;1-2-5-8(4-1)9-6-3-7-10-9;1-2-6-8-4-3-7(10-8)5(1)9-6;1-2-8(10-4-1)7-3-5-9-6-7;1-9-7(5-10)3-2-4-8(9)6-11/h10-11H,3-9H2,1-2H3;2*9-10H,3-8H2,1-2H3;2*8-11H,1-7H2;8-10H,1-7H2;5-10H,1-4H2;7-10H,1-6H2;7-8,10-11H,2-6H2,1H3. The summed E-state index contributed by atoms with van der Waals surface area (Å²) in [6.07, 6.45) is 50.2. The number of nitrogens with one attached hydrogen (secondary N) is 9. The third kappa shape index (κ3) is 26.0. The fourth-order valence-electron chi connectivity index (χ4n) is 22.3. The second kappa shape index (κ2) is 44.7. The number of rotatable bonds is 12. The summed E-state index contributed by atoms with van der Waals surface area (Å²) in [6, 6.07) is 11.6. The average Bonchev–Trinajstić information content (AvgIpc) is 1.64. The van der Waals surface area contributed by atoms with E-state index in [1.54, 1.807) is 0 Å². The molecule has 0 radical (unpaired) electrons. The molecule has 18 aliphatic rings. The van der Waals surface area contributed by atoms with Crippen LogP contribution in [0.4, 0.5) is 0 Å². The van der Waals surface area contributed by atoms with Crippen LogP contribution in [0.25, 0.3) is 0 Å². The summed E-state index contributed by atoms with van der Waals surface area (Å²) in [5.41, 5.74) is 0. The van der Waals surface area contributed by atoms with Crippen LogP contribution in [0.15, 0.2) is 0 Å². The van der Waals surface area contributed by atoms with Crippen LogP contribution in [-0.2, 0) is 0 Å². The molecule has 1 saturated carbocycles. The Balaban J connectivity index is 0.000000122. The van der Waals surface area contributed by atoms with Gasteiger partial charge in [-0.1, -0.05) is 19.3 Å². The molecule has 18 rings (SSSR count). The number of likely N-dealkylation sites (tertiary alicyclic amines) is 7. The summed E-state index contributed by atoms with van der Waals surface area (Å²) in [7, 11) is 15.6. The van der Waals surface area contributed by atoms with Crippen LogP contribution in [0, 0.1) is 29.6 Å². The van der Waals surface area contributed by atoms with Gasteiger partial charge in [0.2, 0.25) is 0 Å². The zero-order chi connectivity index (χ0) is 69.8. The van der Waals surface area contributed by atoms with Gasteiger partial charge in [-0.25, -0.2) is 0 Å². The van der Waals surface area contributed by atoms with Gasteiger partial charge in [0.05, 0.1) is 13.2 Å². The third-order valence-corrected chi connectivity index (χ3v) is 28.8. The van der Waals surface area contributed by atoms with Crippen molar-refractivity contribution in [3.05, 3.63) is 0 Å². The Morgan fingerprint density at radius 3 is 1.09 bits per heavy atom. The number of piperazine rings is 1. The topological polar surface area (TPSA) is 171 Å². The number of hydrogen-bond acceptors (Lipinski definition) is 18. The fraction of sp³-hybridized carbons (Fsp3) is 1.00. The highest BCUT2D eigenvalue weighted by Gasteiger charge is 2.45. The summed E-state index contributed by atoms with van der Waals surface area (Å²) in [4.78, 5) is 17.3. The summed E-state index contributed by atoms with van der Waals surface area (Å²) in [5.74, 6) is 4.91. The first-order valence-corrected chi connectivity index (χ1v) is 43.6. The Hall–Kier alpha value is -0.720. The van der Waals surface area contributed by atoms with Gasteiger partial charge in [-0.15, -0.1) is 0 Å². The van der Waals surface area contributed by atoms with Crippen LogP contribution in [0.3, 0.4) is 0 Å². The highest BCUT2D eigenvalue weighted by atomic mass is 16.3. The van der Waals surface area contributed by atoms with Crippen molar-refractivity contribution >= 4 is 0 Å². The minimum absolute atomic E-state index is 0.215. The Labute approximate surface area is 614 Å². The molecule has 17 heterocycles. The number of nitrogens with zero attached hydrogens (tertiary/aromatic N) is 7. The molecule has 0 aromatic carbocycles. The van der Waals surface area contributed by atoms with Gasteiger partial charge in [0.15, 0.2) is 0 Å². The molecule has 4 bridgehead atoms. The molecule has 0 amide bonds. The maximum Gasteiger partial charge on any atom is 0.0586 e. The van der Waals surface area contributed by atoms with E-state index in [1.807, 2.05) is 7.05 Å². The largest absolute Gasteiger partial charge is 0.395 e. The van der Waals surface area contributed by atoms with Crippen molar-refractivity contribution < 1.29 is 10.2 Å². The van der Waals surface area contributed by atoms with Crippen molar-refractivity contribution in [3.63, 3.8) is 0 Å². The van der Waals surface area contributed by atoms with E-state index in [2.05, 4.69) is 124 Å². The van der Waals surface area contributed by atoms with Gasteiger partial charge in [0.1, 0.15) is 0 Å². The first kappa shape index (κ1) is 81.8. The zero-order valence-electron chi connectivity index (χ0n) is 66.0. The number of aliphatic hydroxyl groups excluding tert-OH is 2. The minimum Gasteiger partial charge on any atom is -0.395 e. The van der Waals surface area contributed by atoms with E-state index in [0.29, 0.717) is 0 Å². The van der Waals surface area contributed by atoms with Gasteiger partial charge in [-0.05, 0) is 396 Å². The van der Waals surface area contributed by atoms with Crippen LogP contribution < -0.4 is 47.9 Å². The molecule has 0 aromatic heterocycles. The number of piperidine rings is 1. The maximum atomic E-state index is 8.95. The van der Waals surface area contributed by atoms with E-state index in [1.165, 1.54) is 323 Å². The van der Waals surface area contributed by atoms with Gasteiger partial charge in [-0.3, -0.25) is 4.90 Å². The number of likely N-dealkylation sites (N-methyl/N-ethyl adjacent to an activating group) is 3. The van der Waals surface area contributed by atoms with E-state index in [4.69, 9.17) is 10.2 Å². The van der Waals surface area contributed by atoms with Crippen LogP contribution >= 0.6 is 0 Å². The Bertz CT molecular complexity index is 1920. The van der Waals surface area contributed by atoms with Crippen LogP contribution in [-0.4, -0.2) is 309 Å². The summed E-state index contributed by atoms with van der Waals surface area (Å²) >= 11 is 0. The summed E-state index contributed by atoms with van der Waals surface area (Å²) < 4.78 is 0. The monoisotopic (exact) mass is 1400 g/mol. The van der Waals surface area contributed by atoms with Crippen molar-refractivity contribution in [2.24, 2.45) is 29.6 Å². The molecular weight excluding hydrogens is 1240 g/mol. The predicted octanol–water partition coefficient (Wildman–Crippen LogP) is 7.59. The molecule has 19 unspecified atom stereocenters. The maximum absolute atomic E-state index is 8.95. The average molecular weight is 1400 g/mol. The molecule has 1 aliphatic carbocycles. The molecular formula is C82H162N16O2. The Morgan fingerprint density at radius 1 is 0.290 bits per heavy atom. The molecule has 19 atom stereocenters. The van der Waals surface area contributed by atoms with Crippen LogP contribution in [0.1, 0.15) is 231 Å². The van der Waals surface area contributed by atoms with Crippen molar-refractivity contribution in [2.45, 2.75) is 322 Å². The lowest BCUT2D eigenvalue weighted by Gasteiger charge is -2.37. The van der Waals surface area contributed by atoms with Crippen molar-refractivity contribution in [1.29, 1.82) is 0 Å². The van der Waals surface area contributed by atoms with Gasteiger partial charge in [-0.2, -0.15) is 0 Å². The Kier molecular flexibility index (Phi) is 36.5. The lowest BCUT2D eigenvalue weighted by atomic mass is 9.93. The van der Waals surface area contributed by atoms with E-state index in [9.17, 15) is 0 Å². The third-order valence-electron chi connectivity index (χ3n) is 28.8. The zero-order valence-corrected chi connectivity index (χ0v) is 66.0. The quantitative estimate of drug-likeness (QED) is 0.0923. The minimum atomic E-state index is 0.215. The van der Waals surface area contributed by atoms with Crippen molar-refractivity contribution in [2.75, 3.05) is 174 Å². The first-order chi connectivity index (χ1) is 48.9. The molecule has 11 N–H and O–H groups in total. The lowest BCUT2D eigenvalue weighted by molar-refractivity contribution is 0.0389. The highest BCUT2D eigenvalue weighted by Crippen LogP contribution is 2.35. The lowest BCUT2D eigenvalue weighted by Crippen LogP contribution is -2.56. The predicted molar refractivity (Wildman–Crippen MR) is 420 cm³/mol. The molecule has 18 nitrogen and oxygen atoms in total. The second-order valence-electron chi connectivity index (χ2n) is 35.8. The molecule has 17 aliphatic heterocycles. The molecule has 18 fully saturated rings. The van der Waals surface area contributed by atoms with Gasteiger partial charge < -0.3 is 87.5 Å². The Morgan fingerprint density at radius 2 is 0.720 bits per heavy atom. The fourth-order valence-corrected chi connectivity index (χ4v) is 22.3. The summed E-state index contributed by atoms with van der Waals surface area (Å²) in [6.45, 7) is 22.2. The van der Waals surface area contributed by atoms with Gasteiger partial charge in [0.25, 0.3) is 0 Å². The van der Waals surface area contributed by atoms with E-state index in [0.717, 1.165) is 127 Å². The van der Waals surface area contributed by atoms with Crippen LogP contribution in [0.2, 0.25) is 0 Å². The molecule has 582 valence electrons. The molecule has 100 heavy (non-hydrogen) atoms. The first-order valence-electron chi connectivity index (χ1n) is 43.6. The van der Waals surface area contributed by atoms with E-state index < -0.39 is 0 Å². The van der Waals surface area contributed by atoms with Crippen molar-refractivity contribution in [3.8, 4) is 0 Å². The normalized spacial score (nSPS) is 39.9. The number of hydrogen-bond donors (Lipinski definition) is 11. The van der Waals surface area contributed by atoms with Crippen LogP contribution in [0.5, 0.6) is 0 Å². The van der Waals surface area contributed by atoms with Gasteiger partial charge >= 0.3 is 0 Å². The smallest absolute Gasteiger partial charge is 0.0586 e. The molecule has 17 saturated heterocycles. The number of aliphatic hydroxyl groups is 2. The van der Waals surface area contributed by atoms with E-state index in [-0.39, 0.29) is 25.3 Å². The van der Waals surface area contributed by atoms with E-state index >= 15 is 0 Å². The molecule has 0 spiro atoms.